The van der Waals surface area contributed by atoms with E-state index < -0.39 is 19.5 Å². The second-order valence-electron chi connectivity index (χ2n) is 5.80. The van der Waals surface area contributed by atoms with Crippen molar-refractivity contribution >= 4 is 5.97 Å². The fourth-order valence-electron chi connectivity index (χ4n) is 3.73. The number of hydrogen-bond acceptors (Lipinski definition) is 2. The quantitative estimate of drug-likeness (QED) is 0.569. The molecular formula is C16H22Cl2O2Ti. The number of carbonyl (C=O) groups is 1. The Morgan fingerprint density at radius 2 is 1.48 bits per heavy atom. The van der Waals surface area contributed by atoms with Crippen molar-refractivity contribution in [2.24, 2.45) is 0 Å². The first-order chi connectivity index (χ1) is 9.31. The molecule has 0 unspecified atom stereocenters. The second-order valence-corrected chi connectivity index (χ2v) is 7.39. The monoisotopic (exact) mass is 364 g/mol. The standard InChI is InChI=1S/C13H17.C3H6O2.2ClH.Ti/c1-3-7-12-10(5-1)9-11-6-2-4-8-13(11)12;1-2-3(4)5;;;/h9H,1-8H2;2H2,1H3,(H,4,5);2*1H;/q;;;;+3/p-3. The van der Waals surface area contributed by atoms with Crippen LogP contribution in [0.2, 0.25) is 4.22 Å². The molecule has 3 rings (SSSR count). The van der Waals surface area contributed by atoms with E-state index >= 15 is 0 Å². The van der Waals surface area contributed by atoms with E-state index in [0.717, 1.165) is 0 Å². The average molecular weight is 365 g/mol. The molecule has 3 aliphatic carbocycles. The first-order valence-electron chi connectivity index (χ1n) is 7.70. The Bertz CT molecular complexity index is 425. The maximum Gasteiger partial charge on any atom is -1.00 e. The zero-order valence-corrected chi connectivity index (χ0v) is 15.6. The summed E-state index contributed by atoms with van der Waals surface area (Å²) in [5, 5.41) is 0. The van der Waals surface area contributed by atoms with Gasteiger partial charge in [0.1, 0.15) is 0 Å². The molecule has 0 amide bonds. The molecule has 0 N–H and O–H groups in total. The van der Waals surface area contributed by atoms with E-state index in [1.165, 1.54) is 51.4 Å². The summed E-state index contributed by atoms with van der Waals surface area (Å²) in [6.07, 6.45) is 11.0. The molecule has 116 valence electrons. The van der Waals surface area contributed by atoms with Gasteiger partial charge in [0.05, 0.1) is 0 Å². The molecule has 5 heteroatoms. The van der Waals surface area contributed by atoms with Crippen LogP contribution in [0.3, 0.4) is 0 Å². The topological polar surface area (TPSA) is 26.3 Å². The number of halogens is 2. The molecule has 0 fully saturated rings. The normalized spacial score (nSPS) is 20.8. The van der Waals surface area contributed by atoms with Gasteiger partial charge in [-0.15, -0.1) is 0 Å². The summed E-state index contributed by atoms with van der Waals surface area (Å²) in [7, 11) is 0. The minimum Gasteiger partial charge on any atom is -1.00 e. The van der Waals surface area contributed by atoms with Gasteiger partial charge in [-0.3, -0.25) is 0 Å². The van der Waals surface area contributed by atoms with E-state index in [9.17, 15) is 4.79 Å². The molecule has 0 spiro atoms. The van der Waals surface area contributed by atoms with Gasteiger partial charge in [0.2, 0.25) is 0 Å². The third-order valence-electron chi connectivity index (χ3n) is 4.66. The Morgan fingerprint density at radius 3 is 1.95 bits per heavy atom. The van der Waals surface area contributed by atoms with Crippen LogP contribution in [0.25, 0.3) is 0 Å². The summed E-state index contributed by atoms with van der Waals surface area (Å²) in [5.74, 6) is 0.00261. The third-order valence-corrected chi connectivity index (χ3v) is 6.66. The fraction of sp³-hybridized carbons (Fsp3) is 0.688. The first-order valence-corrected chi connectivity index (χ1v) is 9.24. The van der Waals surface area contributed by atoms with Gasteiger partial charge in [0, 0.05) is 0 Å². The Kier molecular flexibility index (Phi) is 8.05. The van der Waals surface area contributed by atoms with Crippen molar-refractivity contribution in [3.63, 3.8) is 0 Å². The van der Waals surface area contributed by atoms with Crippen LogP contribution >= 0.6 is 0 Å². The minimum atomic E-state index is -0.630. The van der Waals surface area contributed by atoms with E-state index in [1.54, 1.807) is 22.3 Å². The van der Waals surface area contributed by atoms with Gasteiger partial charge in [0.25, 0.3) is 0 Å². The van der Waals surface area contributed by atoms with Gasteiger partial charge < -0.3 is 24.8 Å². The van der Waals surface area contributed by atoms with Crippen molar-refractivity contribution in [1.82, 2.24) is 0 Å². The Labute approximate surface area is 149 Å². The van der Waals surface area contributed by atoms with Crippen LogP contribution in [0.1, 0.15) is 64.7 Å². The maximum absolute atomic E-state index is 11.5. The van der Waals surface area contributed by atoms with Crippen molar-refractivity contribution in [1.29, 1.82) is 0 Å². The van der Waals surface area contributed by atoms with Crippen molar-refractivity contribution in [3.8, 4) is 0 Å². The molecule has 0 saturated heterocycles. The number of fused-ring (bicyclic) bond motifs is 1. The molecule has 0 bridgehead atoms. The predicted octanol–water partition coefficient (Wildman–Crippen LogP) is -1.51. The third kappa shape index (κ3) is 3.96. The summed E-state index contributed by atoms with van der Waals surface area (Å²) >= 11 is -0.630. The number of carbonyl (C=O) groups excluding carboxylic acids is 1. The van der Waals surface area contributed by atoms with Crippen LogP contribution in [-0.4, -0.2) is 5.97 Å². The summed E-state index contributed by atoms with van der Waals surface area (Å²) in [5.41, 5.74) is 6.76. The molecule has 0 atom stereocenters. The minimum absolute atomic E-state index is 0. The summed E-state index contributed by atoms with van der Waals surface area (Å²) in [6.45, 7) is 1.89. The van der Waals surface area contributed by atoms with E-state index in [0.29, 0.717) is 10.6 Å². The van der Waals surface area contributed by atoms with E-state index in [4.69, 9.17) is 3.32 Å². The average Bonchev–Trinajstić information content (AvgIpc) is 2.79. The number of rotatable bonds is 3. The first kappa shape index (κ1) is 19.3. The molecule has 0 aromatic heterocycles. The van der Waals surface area contributed by atoms with Gasteiger partial charge >= 0.3 is 125 Å². The van der Waals surface area contributed by atoms with Gasteiger partial charge in [0.15, 0.2) is 0 Å². The van der Waals surface area contributed by atoms with Crippen LogP contribution in [0.5, 0.6) is 0 Å². The molecule has 0 aromatic rings. The fourth-order valence-corrected chi connectivity index (χ4v) is 5.79. The SMILES string of the molecule is CCC(=O)[O][Ti+2][CH]1C2=C(CCCC2)C2=C1CCCC2.[Cl-].[Cl-]. The van der Waals surface area contributed by atoms with Crippen LogP contribution in [0, 0.1) is 0 Å². The maximum atomic E-state index is 11.5. The van der Waals surface area contributed by atoms with Crippen molar-refractivity contribution in [3.05, 3.63) is 22.3 Å². The van der Waals surface area contributed by atoms with Crippen LogP contribution in [0.15, 0.2) is 22.3 Å². The predicted molar refractivity (Wildman–Crippen MR) is 71.1 cm³/mol. The van der Waals surface area contributed by atoms with Gasteiger partial charge in [-0.05, 0) is 0 Å². The van der Waals surface area contributed by atoms with Crippen LogP contribution in [0.4, 0.5) is 0 Å². The molecule has 0 saturated carbocycles. The molecule has 21 heavy (non-hydrogen) atoms. The van der Waals surface area contributed by atoms with Crippen LogP contribution < -0.4 is 24.8 Å². The van der Waals surface area contributed by atoms with Gasteiger partial charge in [-0.2, -0.15) is 0 Å². The molecule has 3 aliphatic rings. The smallest absolute Gasteiger partial charge is 1.00 e. The Hall–Kier alpha value is 0.244. The largest absolute Gasteiger partial charge is 1.00 e. The Balaban J connectivity index is 0.00000110. The van der Waals surface area contributed by atoms with E-state index in [2.05, 4.69) is 0 Å². The summed E-state index contributed by atoms with van der Waals surface area (Å²) in [4.78, 5) is 11.5. The molecule has 0 aliphatic heterocycles. The van der Waals surface area contributed by atoms with E-state index in [-0.39, 0.29) is 30.8 Å². The summed E-state index contributed by atoms with van der Waals surface area (Å²) in [6, 6.07) is 0. The molecular weight excluding hydrogens is 343 g/mol. The van der Waals surface area contributed by atoms with Crippen molar-refractivity contribution in [2.45, 2.75) is 68.9 Å². The molecule has 0 heterocycles. The van der Waals surface area contributed by atoms with Crippen molar-refractivity contribution in [2.75, 3.05) is 0 Å². The molecule has 2 nitrogen and oxygen atoms in total. The number of allylic oxidation sites excluding steroid dienone is 4. The van der Waals surface area contributed by atoms with Gasteiger partial charge in [-0.1, -0.05) is 0 Å². The summed E-state index contributed by atoms with van der Waals surface area (Å²) < 4.78 is 6.16. The van der Waals surface area contributed by atoms with E-state index in [1.807, 2.05) is 6.92 Å². The number of hydrogen-bond donors (Lipinski definition) is 0. The van der Waals surface area contributed by atoms with Gasteiger partial charge in [-0.25, -0.2) is 0 Å². The zero-order chi connectivity index (χ0) is 13.2. The van der Waals surface area contributed by atoms with Crippen LogP contribution in [-0.2, 0) is 27.7 Å². The molecule has 0 radical (unpaired) electrons. The Morgan fingerprint density at radius 1 is 1.00 bits per heavy atom. The second kappa shape index (κ2) is 8.77. The van der Waals surface area contributed by atoms with Crippen molar-refractivity contribution < 1.29 is 52.5 Å². The molecule has 0 aromatic carbocycles. The zero-order valence-electron chi connectivity index (χ0n) is 12.5.